The molecule has 0 amide bonds. The van der Waals surface area contributed by atoms with Crippen LogP contribution in [0.4, 0.5) is 0 Å². The van der Waals surface area contributed by atoms with E-state index in [4.69, 9.17) is 0 Å². The summed E-state index contributed by atoms with van der Waals surface area (Å²) in [5.41, 5.74) is -0.204. The summed E-state index contributed by atoms with van der Waals surface area (Å²) in [6, 6.07) is 0. The summed E-state index contributed by atoms with van der Waals surface area (Å²) in [6.45, 7) is 3.64. The lowest BCUT2D eigenvalue weighted by Crippen LogP contribution is -2.34. The molecule has 1 unspecified atom stereocenters. The molecule has 0 saturated carbocycles. The van der Waals surface area contributed by atoms with Crippen molar-refractivity contribution in [1.82, 2.24) is 19.7 Å². The van der Waals surface area contributed by atoms with Crippen LogP contribution in [0.1, 0.15) is 13.3 Å². The van der Waals surface area contributed by atoms with Gasteiger partial charge < -0.3 is 10.4 Å². The van der Waals surface area contributed by atoms with Crippen LogP contribution in [0.25, 0.3) is 0 Å². The number of rotatable bonds is 6. The Labute approximate surface area is 88.5 Å². The summed E-state index contributed by atoms with van der Waals surface area (Å²) >= 11 is 0. The smallest absolute Gasteiger partial charge is 0.345 e. The second kappa shape index (κ2) is 5.67. The Balaban J connectivity index is 2.41. The van der Waals surface area contributed by atoms with E-state index in [9.17, 15) is 9.90 Å². The van der Waals surface area contributed by atoms with Gasteiger partial charge in [0.25, 0.3) is 0 Å². The van der Waals surface area contributed by atoms with E-state index in [1.54, 1.807) is 7.05 Å². The third kappa shape index (κ3) is 3.49. The van der Waals surface area contributed by atoms with Gasteiger partial charge in [-0.1, -0.05) is 6.92 Å². The van der Waals surface area contributed by atoms with Crippen LogP contribution in [0.3, 0.4) is 0 Å². The van der Waals surface area contributed by atoms with Crippen LogP contribution < -0.4 is 11.0 Å². The van der Waals surface area contributed by atoms with Gasteiger partial charge in [-0.3, -0.25) is 4.57 Å². The van der Waals surface area contributed by atoms with Gasteiger partial charge in [0, 0.05) is 13.6 Å². The van der Waals surface area contributed by atoms with E-state index in [1.807, 2.05) is 0 Å². The highest BCUT2D eigenvalue weighted by molar-refractivity contribution is 4.68. The van der Waals surface area contributed by atoms with E-state index in [0.29, 0.717) is 6.54 Å². The van der Waals surface area contributed by atoms with E-state index in [-0.39, 0.29) is 12.2 Å². The van der Waals surface area contributed by atoms with Gasteiger partial charge in [0.1, 0.15) is 6.33 Å². The van der Waals surface area contributed by atoms with Crippen molar-refractivity contribution >= 4 is 0 Å². The van der Waals surface area contributed by atoms with Crippen molar-refractivity contribution in [3.63, 3.8) is 0 Å². The maximum atomic E-state index is 11.4. The number of aryl methyl sites for hydroxylation is 1. The zero-order chi connectivity index (χ0) is 11.3. The van der Waals surface area contributed by atoms with Crippen molar-refractivity contribution in [2.24, 2.45) is 7.05 Å². The first-order chi connectivity index (χ1) is 7.15. The molecular weight excluding hydrogens is 196 g/mol. The van der Waals surface area contributed by atoms with Gasteiger partial charge in [0.15, 0.2) is 0 Å². The molecule has 0 saturated heterocycles. The number of aliphatic hydroxyl groups is 1. The largest absolute Gasteiger partial charge is 0.390 e. The summed E-state index contributed by atoms with van der Waals surface area (Å²) in [7, 11) is 1.63. The molecule has 1 aromatic rings. The molecule has 15 heavy (non-hydrogen) atoms. The summed E-state index contributed by atoms with van der Waals surface area (Å²) in [6.07, 6.45) is 1.88. The predicted molar refractivity (Wildman–Crippen MR) is 56.6 cm³/mol. The molecule has 0 fully saturated rings. The van der Waals surface area contributed by atoms with Gasteiger partial charge in [-0.15, -0.1) is 0 Å². The second-order valence-electron chi connectivity index (χ2n) is 3.56. The molecule has 0 radical (unpaired) electrons. The van der Waals surface area contributed by atoms with Crippen molar-refractivity contribution < 1.29 is 5.11 Å². The zero-order valence-corrected chi connectivity index (χ0v) is 9.18. The highest BCUT2D eigenvalue weighted by atomic mass is 16.3. The third-order valence-electron chi connectivity index (χ3n) is 2.08. The Kier molecular flexibility index (Phi) is 4.51. The molecule has 6 heteroatoms. The van der Waals surface area contributed by atoms with Crippen LogP contribution in [0.2, 0.25) is 0 Å². The molecule has 2 N–H and O–H groups in total. The molecule has 1 rings (SSSR count). The lowest BCUT2D eigenvalue weighted by Gasteiger charge is -2.10. The molecule has 0 aliphatic carbocycles. The van der Waals surface area contributed by atoms with E-state index in [2.05, 4.69) is 17.3 Å². The van der Waals surface area contributed by atoms with Crippen molar-refractivity contribution in [3.8, 4) is 0 Å². The lowest BCUT2D eigenvalue weighted by molar-refractivity contribution is 0.145. The molecule has 6 nitrogen and oxygen atoms in total. The molecule has 1 atom stereocenters. The first-order valence-corrected chi connectivity index (χ1v) is 5.12. The van der Waals surface area contributed by atoms with Crippen LogP contribution >= 0.6 is 0 Å². The van der Waals surface area contributed by atoms with Crippen molar-refractivity contribution in [1.29, 1.82) is 0 Å². The molecular formula is C9H18N4O2. The number of hydrogen-bond acceptors (Lipinski definition) is 4. The summed E-state index contributed by atoms with van der Waals surface area (Å²) < 4.78 is 2.64. The molecule has 0 spiro atoms. The average Bonchev–Trinajstić information content (AvgIpc) is 2.50. The van der Waals surface area contributed by atoms with Crippen LogP contribution in [0.15, 0.2) is 11.1 Å². The highest BCUT2D eigenvalue weighted by Gasteiger charge is 2.08. The quantitative estimate of drug-likeness (QED) is 0.592. The van der Waals surface area contributed by atoms with E-state index in [0.717, 1.165) is 13.0 Å². The van der Waals surface area contributed by atoms with Gasteiger partial charge in [-0.05, 0) is 13.0 Å². The molecule has 86 valence electrons. The fourth-order valence-corrected chi connectivity index (χ4v) is 1.26. The first kappa shape index (κ1) is 11.9. The average molecular weight is 214 g/mol. The topological polar surface area (TPSA) is 72.1 Å². The van der Waals surface area contributed by atoms with Gasteiger partial charge in [0.2, 0.25) is 0 Å². The molecule has 1 heterocycles. The van der Waals surface area contributed by atoms with Gasteiger partial charge in [-0.2, -0.15) is 5.10 Å². The first-order valence-electron chi connectivity index (χ1n) is 5.12. The Bertz CT molecular complexity index is 344. The van der Waals surface area contributed by atoms with Crippen LogP contribution in [0, 0.1) is 0 Å². The second-order valence-corrected chi connectivity index (χ2v) is 3.56. The SMILES string of the molecule is CCCNCC(O)Cn1ncn(C)c1=O. The normalized spacial score (nSPS) is 13.0. The standard InChI is InChI=1S/C9H18N4O2/c1-3-4-10-5-8(14)6-13-9(15)12(2)7-11-13/h7-8,10,14H,3-6H2,1-2H3. The molecule has 0 aliphatic heterocycles. The summed E-state index contributed by atoms with van der Waals surface area (Å²) in [4.78, 5) is 11.4. The minimum absolute atomic E-state index is 0.204. The minimum atomic E-state index is -0.579. The molecule has 1 aromatic heterocycles. The highest BCUT2D eigenvalue weighted by Crippen LogP contribution is 1.86. The van der Waals surface area contributed by atoms with E-state index in [1.165, 1.54) is 15.6 Å². The Morgan fingerprint density at radius 3 is 2.93 bits per heavy atom. The van der Waals surface area contributed by atoms with Gasteiger partial charge in [-0.25, -0.2) is 9.48 Å². The predicted octanol–water partition coefficient (Wildman–Crippen LogP) is -1.06. The van der Waals surface area contributed by atoms with Crippen LogP contribution in [0.5, 0.6) is 0 Å². The van der Waals surface area contributed by atoms with Crippen molar-refractivity contribution in [2.45, 2.75) is 26.0 Å². The Morgan fingerprint density at radius 2 is 2.40 bits per heavy atom. The number of nitrogens with one attached hydrogen (secondary N) is 1. The number of aliphatic hydroxyl groups excluding tert-OH is 1. The Morgan fingerprint density at radius 1 is 1.67 bits per heavy atom. The van der Waals surface area contributed by atoms with Gasteiger partial charge in [0.05, 0.1) is 12.6 Å². The number of hydrogen-bond donors (Lipinski definition) is 2. The monoisotopic (exact) mass is 214 g/mol. The van der Waals surface area contributed by atoms with Crippen LogP contribution in [-0.4, -0.2) is 38.6 Å². The van der Waals surface area contributed by atoms with Gasteiger partial charge >= 0.3 is 5.69 Å². The molecule has 0 bridgehead atoms. The Hall–Kier alpha value is -1.14. The van der Waals surface area contributed by atoms with Crippen LogP contribution in [-0.2, 0) is 13.6 Å². The fraction of sp³-hybridized carbons (Fsp3) is 0.778. The summed E-state index contributed by atoms with van der Waals surface area (Å²) in [5.74, 6) is 0. The zero-order valence-electron chi connectivity index (χ0n) is 9.18. The number of nitrogens with zero attached hydrogens (tertiary/aromatic N) is 3. The molecule has 0 aliphatic rings. The van der Waals surface area contributed by atoms with Crippen molar-refractivity contribution in [3.05, 3.63) is 16.8 Å². The summed E-state index contributed by atoms with van der Waals surface area (Å²) in [5, 5.41) is 16.5. The van der Waals surface area contributed by atoms with E-state index >= 15 is 0 Å². The fourth-order valence-electron chi connectivity index (χ4n) is 1.26. The number of aromatic nitrogens is 3. The lowest BCUT2D eigenvalue weighted by atomic mass is 10.3. The van der Waals surface area contributed by atoms with E-state index < -0.39 is 6.10 Å². The maximum Gasteiger partial charge on any atom is 0.345 e. The minimum Gasteiger partial charge on any atom is -0.390 e. The van der Waals surface area contributed by atoms with Crippen molar-refractivity contribution in [2.75, 3.05) is 13.1 Å². The third-order valence-corrected chi connectivity index (χ3v) is 2.08. The molecule has 0 aromatic carbocycles. The maximum absolute atomic E-state index is 11.4.